The van der Waals surface area contributed by atoms with E-state index in [-0.39, 0.29) is 6.61 Å². The summed E-state index contributed by atoms with van der Waals surface area (Å²) >= 11 is 0. The van der Waals surface area contributed by atoms with Gasteiger partial charge in [-0.1, -0.05) is 6.58 Å². The lowest BCUT2D eigenvalue weighted by molar-refractivity contribution is -0.124. The van der Waals surface area contributed by atoms with Crippen LogP contribution in [-0.2, 0) is 4.74 Å². The van der Waals surface area contributed by atoms with Crippen LogP contribution in [0.2, 0.25) is 0 Å². The summed E-state index contributed by atoms with van der Waals surface area (Å²) in [6.45, 7) is 2.27. The molecule has 0 radical (unpaired) electrons. The first-order valence-electron chi connectivity index (χ1n) is 4.10. The standard InChI is InChI=1S/C8H16O6/c1-2-14-4-6(11)8(13)7(12)5(10)3-9/h2,5-13H,1,3-4H2. The summed E-state index contributed by atoms with van der Waals surface area (Å²) in [5.74, 6) is 0. The molecule has 4 atom stereocenters. The van der Waals surface area contributed by atoms with Gasteiger partial charge in [-0.05, 0) is 0 Å². The van der Waals surface area contributed by atoms with Crippen LogP contribution in [0.15, 0.2) is 12.8 Å². The Balaban J connectivity index is 4.01. The Labute approximate surface area is 81.7 Å². The first-order chi connectivity index (χ1) is 6.54. The Morgan fingerprint density at radius 1 is 1.07 bits per heavy atom. The van der Waals surface area contributed by atoms with Crippen molar-refractivity contribution in [3.63, 3.8) is 0 Å². The highest BCUT2D eigenvalue weighted by atomic mass is 16.5. The zero-order valence-electron chi connectivity index (χ0n) is 7.65. The van der Waals surface area contributed by atoms with Crippen molar-refractivity contribution in [1.82, 2.24) is 0 Å². The van der Waals surface area contributed by atoms with Crippen LogP contribution in [0, 0.1) is 0 Å². The van der Waals surface area contributed by atoms with Crippen LogP contribution in [0.25, 0.3) is 0 Å². The molecule has 0 aromatic rings. The molecule has 0 aromatic carbocycles. The average molecular weight is 208 g/mol. The molecule has 0 bridgehead atoms. The van der Waals surface area contributed by atoms with Gasteiger partial charge in [-0.15, -0.1) is 0 Å². The van der Waals surface area contributed by atoms with Crippen LogP contribution >= 0.6 is 0 Å². The second kappa shape index (κ2) is 6.74. The summed E-state index contributed by atoms with van der Waals surface area (Å²) in [5, 5.41) is 45.0. The normalized spacial score (nSPS) is 19.5. The lowest BCUT2D eigenvalue weighted by atomic mass is 10.0. The lowest BCUT2D eigenvalue weighted by Crippen LogP contribution is -2.47. The van der Waals surface area contributed by atoms with E-state index >= 15 is 0 Å². The molecule has 6 heteroatoms. The number of ether oxygens (including phenoxy) is 1. The van der Waals surface area contributed by atoms with Crippen molar-refractivity contribution in [2.24, 2.45) is 0 Å². The SMILES string of the molecule is C=COCC(O)C(O)C(O)C(O)CO. The van der Waals surface area contributed by atoms with Crippen molar-refractivity contribution in [2.75, 3.05) is 13.2 Å². The monoisotopic (exact) mass is 208 g/mol. The van der Waals surface area contributed by atoms with Gasteiger partial charge in [0.2, 0.25) is 0 Å². The van der Waals surface area contributed by atoms with Crippen LogP contribution in [0.1, 0.15) is 0 Å². The number of hydrogen-bond acceptors (Lipinski definition) is 6. The molecule has 0 fully saturated rings. The minimum absolute atomic E-state index is 0.250. The fraction of sp³-hybridized carbons (Fsp3) is 0.750. The summed E-state index contributed by atoms with van der Waals surface area (Å²) < 4.78 is 4.58. The zero-order chi connectivity index (χ0) is 11.1. The van der Waals surface area contributed by atoms with Crippen LogP contribution in [0.3, 0.4) is 0 Å². The van der Waals surface area contributed by atoms with E-state index in [9.17, 15) is 10.2 Å². The third-order valence-electron chi connectivity index (χ3n) is 1.71. The number of aliphatic hydroxyl groups is 5. The summed E-state index contributed by atoms with van der Waals surface area (Å²) in [5.41, 5.74) is 0. The summed E-state index contributed by atoms with van der Waals surface area (Å²) in [6.07, 6.45) is -4.99. The van der Waals surface area contributed by atoms with Crippen LogP contribution in [-0.4, -0.2) is 63.2 Å². The maximum Gasteiger partial charge on any atom is 0.116 e. The largest absolute Gasteiger partial charge is 0.499 e. The molecule has 0 spiro atoms. The number of aliphatic hydroxyl groups excluding tert-OH is 5. The maximum absolute atomic E-state index is 9.23. The minimum Gasteiger partial charge on any atom is -0.499 e. The minimum atomic E-state index is -1.62. The smallest absolute Gasteiger partial charge is 0.116 e. The molecular formula is C8H16O6. The predicted molar refractivity (Wildman–Crippen MR) is 47.3 cm³/mol. The highest BCUT2D eigenvalue weighted by Crippen LogP contribution is 2.05. The fourth-order valence-electron chi connectivity index (χ4n) is 0.828. The Hall–Kier alpha value is -0.660. The van der Waals surface area contributed by atoms with Crippen LogP contribution in [0.5, 0.6) is 0 Å². The highest BCUT2D eigenvalue weighted by Gasteiger charge is 2.29. The Kier molecular flexibility index (Phi) is 6.43. The first kappa shape index (κ1) is 13.3. The molecule has 0 heterocycles. The van der Waals surface area contributed by atoms with Gasteiger partial charge >= 0.3 is 0 Å². The molecule has 4 unspecified atom stereocenters. The highest BCUT2D eigenvalue weighted by molar-refractivity contribution is 4.80. The van der Waals surface area contributed by atoms with Crippen molar-refractivity contribution >= 4 is 0 Å². The van der Waals surface area contributed by atoms with E-state index in [2.05, 4.69) is 11.3 Å². The van der Waals surface area contributed by atoms with E-state index in [0.29, 0.717) is 0 Å². The molecule has 0 amide bonds. The Bertz CT molecular complexity index is 162. The van der Waals surface area contributed by atoms with Gasteiger partial charge in [-0.3, -0.25) is 0 Å². The molecule has 6 nitrogen and oxygen atoms in total. The van der Waals surface area contributed by atoms with Gasteiger partial charge in [0, 0.05) is 0 Å². The zero-order valence-corrected chi connectivity index (χ0v) is 7.65. The van der Waals surface area contributed by atoms with E-state index in [0.717, 1.165) is 6.26 Å². The molecule has 0 aliphatic heterocycles. The van der Waals surface area contributed by atoms with Crippen molar-refractivity contribution in [1.29, 1.82) is 0 Å². The van der Waals surface area contributed by atoms with E-state index < -0.39 is 31.0 Å². The van der Waals surface area contributed by atoms with Crippen molar-refractivity contribution in [3.8, 4) is 0 Å². The van der Waals surface area contributed by atoms with E-state index in [4.69, 9.17) is 15.3 Å². The molecule has 0 saturated carbocycles. The number of hydrogen-bond donors (Lipinski definition) is 5. The predicted octanol–water partition coefficient (Wildman–Crippen LogP) is -2.42. The molecule has 0 saturated heterocycles. The first-order valence-corrected chi connectivity index (χ1v) is 4.10. The molecule has 0 rings (SSSR count). The van der Waals surface area contributed by atoms with Gasteiger partial charge < -0.3 is 30.3 Å². The fourth-order valence-corrected chi connectivity index (χ4v) is 0.828. The molecule has 5 N–H and O–H groups in total. The number of rotatable bonds is 7. The molecule has 14 heavy (non-hydrogen) atoms. The second-order valence-electron chi connectivity index (χ2n) is 2.80. The van der Waals surface area contributed by atoms with Crippen molar-refractivity contribution in [2.45, 2.75) is 24.4 Å². The van der Waals surface area contributed by atoms with E-state index in [1.165, 1.54) is 0 Å². The van der Waals surface area contributed by atoms with E-state index in [1.54, 1.807) is 0 Å². The topological polar surface area (TPSA) is 110 Å². The van der Waals surface area contributed by atoms with Crippen molar-refractivity contribution < 1.29 is 30.3 Å². The van der Waals surface area contributed by atoms with Gasteiger partial charge in [0.1, 0.15) is 31.0 Å². The molecule has 0 aliphatic carbocycles. The van der Waals surface area contributed by atoms with Gasteiger partial charge in [-0.25, -0.2) is 0 Å². The van der Waals surface area contributed by atoms with Crippen molar-refractivity contribution in [3.05, 3.63) is 12.8 Å². The summed E-state index contributed by atoms with van der Waals surface area (Å²) in [7, 11) is 0. The van der Waals surface area contributed by atoms with Gasteiger partial charge in [0.15, 0.2) is 0 Å². The summed E-state index contributed by atoms with van der Waals surface area (Å²) in [6, 6.07) is 0. The van der Waals surface area contributed by atoms with Crippen LogP contribution in [0.4, 0.5) is 0 Å². The van der Waals surface area contributed by atoms with Gasteiger partial charge in [0.05, 0.1) is 12.9 Å². The second-order valence-corrected chi connectivity index (χ2v) is 2.80. The Morgan fingerprint density at radius 2 is 1.57 bits per heavy atom. The third kappa shape index (κ3) is 4.03. The average Bonchev–Trinajstić information content (AvgIpc) is 2.22. The third-order valence-corrected chi connectivity index (χ3v) is 1.71. The maximum atomic E-state index is 9.23. The molecule has 84 valence electrons. The van der Waals surface area contributed by atoms with Gasteiger partial charge in [0.25, 0.3) is 0 Å². The Morgan fingerprint density at radius 3 is 2.00 bits per heavy atom. The van der Waals surface area contributed by atoms with Gasteiger partial charge in [-0.2, -0.15) is 0 Å². The van der Waals surface area contributed by atoms with E-state index in [1.807, 2.05) is 0 Å². The lowest BCUT2D eigenvalue weighted by Gasteiger charge is -2.25. The summed E-state index contributed by atoms with van der Waals surface area (Å²) in [4.78, 5) is 0. The van der Waals surface area contributed by atoms with Crippen LogP contribution < -0.4 is 0 Å². The molecule has 0 aromatic heterocycles. The molecular weight excluding hydrogens is 192 g/mol. The quantitative estimate of drug-likeness (QED) is 0.298. The molecule has 0 aliphatic rings.